The van der Waals surface area contributed by atoms with Gasteiger partial charge in [0.05, 0.1) is 11.0 Å². The van der Waals surface area contributed by atoms with Crippen molar-refractivity contribution in [3.05, 3.63) is 29.8 Å². The Morgan fingerprint density at radius 2 is 1.79 bits per heavy atom. The van der Waals surface area contributed by atoms with Crippen molar-refractivity contribution in [2.24, 2.45) is 0 Å². The van der Waals surface area contributed by atoms with Crippen molar-refractivity contribution >= 4 is 19.7 Å². The van der Waals surface area contributed by atoms with Crippen molar-refractivity contribution in [3.63, 3.8) is 0 Å². The van der Waals surface area contributed by atoms with Gasteiger partial charge in [-0.25, -0.2) is 16.8 Å². The molecule has 7 heteroatoms. The standard InChI is InChI=1S/C12H18O5S2/c1-18(14,15)8-4-7-12(13)10-5-3-6-11(9-10)19(2,16)17/h3,5-6,9,12-13H,4,7-8H2,1-2H3. The van der Waals surface area contributed by atoms with Crippen LogP contribution in [0.3, 0.4) is 0 Å². The summed E-state index contributed by atoms with van der Waals surface area (Å²) in [5.41, 5.74) is 0.483. The molecule has 19 heavy (non-hydrogen) atoms. The molecule has 0 bridgehead atoms. The molecule has 1 aromatic carbocycles. The summed E-state index contributed by atoms with van der Waals surface area (Å²) < 4.78 is 44.7. The highest BCUT2D eigenvalue weighted by Crippen LogP contribution is 2.21. The summed E-state index contributed by atoms with van der Waals surface area (Å²) in [4.78, 5) is 0.146. The summed E-state index contributed by atoms with van der Waals surface area (Å²) >= 11 is 0. The van der Waals surface area contributed by atoms with E-state index in [4.69, 9.17) is 0 Å². The van der Waals surface area contributed by atoms with Gasteiger partial charge in [-0.3, -0.25) is 0 Å². The molecule has 0 saturated heterocycles. The van der Waals surface area contributed by atoms with Gasteiger partial charge in [0, 0.05) is 18.3 Å². The van der Waals surface area contributed by atoms with Crippen molar-refractivity contribution in [2.45, 2.75) is 23.8 Å². The maximum Gasteiger partial charge on any atom is 0.175 e. The van der Waals surface area contributed by atoms with Crippen LogP contribution < -0.4 is 0 Å². The first kappa shape index (κ1) is 16.1. The van der Waals surface area contributed by atoms with E-state index < -0.39 is 25.8 Å². The molecule has 0 radical (unpaired) electrons. The van der Waals surface area contributed by atoms with Crippen molar-refractivity contribution in [2.75, 3.05) is 18.3 Å². The molecule has 1 N–H and O–H groups in total. The summed E-state index contributed by atoms with van der Waals surface area (Å²) in [5, 5.41) is 9.92. The fourth-order valence-electron chi connectivity index (χ4n) is 1.66. The SMILES string of the molecule is CS(=O)(=O)CCCC(O)c1cccc(S(C)(=O)=O)c1. The third kappa shape index (κ3) is 5.71. The van der Waals surface area contributed by atoms with Crippen LogP contribution in [-0.4, -0.2) is 40.2 Å². The fraction of sp³-hybridized carbons (Fsp3) is 0.500. The largest absolute Gasteiger partial charge is 0.388 e. The van der Waals surface area contributed by atoms with Crippen molar-refractivity contribution in [1.29, 1.82) is 0 Å². The highest BCUT2D eigenvalue weighted by Gasteiger charge is 2.13. The lowest BCUT2D eigenvalue weighted by molar-refractivity contribution is 0.166. The summed E-state index contributed by atoms with van der Waals surface area (Å²) in [6.07, 6.45) is 2.00. The van der Waals surface area contributed by atoms with Gasteiger partial charge in [-0.2, -0.15) is 0 Å². The van der Waals surface area contributed by atoms with Crippen LogP contribution in [-0.2, 0) is 19.7 Å². The zero-order valence-corrected chi connectivity index (χ0v) is 12.5. The van der Waals surface area contributed by atoms with Crippen LogP contribution in [0.1, 0.15) is 24.5 Å². The molecule has 5 nitrogen and oxygen atoms in total. The summed E-state index contributed by atoms with van der Waals surface area (Å²) in [6.45, 7) is 0. The first-order chi connectivity index (χ1) is 8.59. The topological polar surface area (TPSA) is 88.5 Å². The predicted molar refractivity (Wildman–Crippen MR) is 73.5 cm³/mol. The second-order valence-electron chi connectivity index (χ2n) is 4.63. The van der Waals surface area contributed by atoms with Gasteiger partial charge in [-0.05, 0) is 30.5 Å². The Bertz CT molecular complexity index is 632. The van der Waals surface area contributed by atoms with E-state index >= 15 is 0 Å². The van der Waals surface area contributed by atoms with E-state index in [1.807, 2.05) is 0 Å². The first-order valence-corrected chi connectivity index (χ1v) is 9.70. The fourth-order valence-corrected chi connectivity index (χ4v) is 3.02. The van der Waals surface area contributed by atoms with Gasteiger partial charge in [0.15, 0.2) is 9.84 Å². The van der Waals surface area contributed by atoms with Gasteiger partial charge in [-0.1, -0.05) is 12.1 Å². The number of sulfone groups is 2. The Morgan fingerprint density at radius 1 is 1.16 bits per heavy atom. The zero-order chi connectivity index (χ0) is 14.7. The zero-order valence-electron chi connectivity index (χ0n) is 10.9. The second kappa shape index (κ2) is 6.02. The summed E-state index contributed by atoms with van der Waals surface area (Å²) in [5.74, 6) is 0.00975. The first-order valence-electron chi connectivity index (χ1n) is 5.75. The molecule has 0 amide bonds. The molecular formula is C12H18O5S2. The van der Waals surface area contributed by atoms with Crippen molar-refractivity contribution in [1.82, 2.24) is 0 Å². The van der Waals surface area contributed by atoms with Crippen LogP contribution in [0, 0.1) is 0 Å². The highest BCUT2D eigenvalue weighted by atomic mass is 32.2. The van der Waals surface area contributed by atoms with Crippen LogP contribution in [0.2, 0.25) is 0 Å². The van der Waals surface area contributed by atoms with Crippen LogP contribution in [0.15, 0.2) is 29.2 Å². The van der Waals surface area contributed by atoms with Crippen molar-refractivity contribution < 1.29 is 21.9 Å². The molecule has 0 saturated carbocycles. The molecule has 1 rings (SSSR count). The Labute approximate surface area is 114 Å². The van der Waals surface area contributed by atoms with Gasteiger partial charge in [0.1, 0.15) is 9.84 Å². The van der Waals surface area contributed by atoms with E-state index in [0.29, 0.717) is 12.0 Å². The van der Waals surface area contributed by atoms with E-state index in [9.17, 15) is 21.9 Å². The van der Waals surface area contributed by atoms with Crippen molar-refractivity contribution in [3.8, 4) is 0 Å². The number of rotatable bonds is 6. The average Bonchev–Trinajstić information content (AvgIpc) is 2.26. The third-order valence-corrected chi connectivity index (χ3v) is 4.80. The minimum absolute atomic E-state index is 0.00975. The molecule has 0 aromatic heterocycles. The number of aliphatic hydroxyl groups is 1. The number of hydrogen-bond donors (Lipinski definition) is 1. The Hall–Kier alpha value is -0.920. The smallest absolute Gasteiger partial charge is 0.175 e. The van der Waals surface area contributed by atoms with Gasteiger partial charge < -0.3 is 5.11 Å². The quantitative estimate of drug-likeness (QED) is 0.845. The maximum absolute atomic E-state index is 11.4. The minimum atomic E-state index is -3.31. The molecule has 0 aliphatic heterocycles. The maximum atomic E-state index is 11.4. The monoisotopic (exact) mass is 306 g/mol. The normalized spacial score (nSPS) is 14.3. The molecule has 1 unspecified atom stereocenters. The van der Waals surface area contributed by atoms with Gasteiger partial charge in [0.25, 0.3) is 0 Å². The molecule has 1 aromatic rings. The van der Waals surface area contributed by atoms with Crippen LogP contribution in [0.25, 0.3) is 0 Å². The van der Waals surface area contributed by atoms with Gasteiger partial charge in [0.2, 0.25) is 0 Å². The van der Waals surface area contributed by atoms with E-state index in [-0.39, 0.29) is 17.1 Å². The van der Waals surface area contributed by atoms with Crippen LogP contribution in [0.5, 0.6) is 0 Å². The molecule has 1 atom stereocenters. The van der Waals surface area contributed by atoms with E-state index in [1.165, 1.54) is 12.1 Å². The molecule has 0 aliphatic carbocycles. The number of hydrogen-bond acceptors (Lipinski definition) is 5. The summed E-state index contributed by atoms with van der Waals surface area (Å²) in [6, 6.07) is 6.06. The third-order valence-electron chi connectivity index (χ3n) is 2.66. The average molecular weight is 306 g/mol. The lowest BCUT2D eigenvalue weighted by Crippen LogP contribution is -2.06. The Kier molecular flexibility index (Phi) is 5.11. The molecule has 0 heterocycles. The predicted octanol–water partition coefficient (Wildman–Crippen LogP) is 0.948. The molecule has 0 spiro atoms. The second-order valence-corrected chi connectivity index (χ2v) is 8.91. The van der Waals surface area contributed by atoms with Gasteiger partial charge in [-0.15, -0.1) is 0 Å². The molecular weight excluding hydrogens is 288 g/mol. The highest BCUT2D eigenvalue weighted by molar-refractivity contribution is 7.91. The van der Waals surface area contributed by atoms with Crippen LogP contribution in [0.4, 0.5) is 0 Å². The molecule has 0 fully saturated rings. The van der Waals surface area contributed by atoms with Crippen LogP contribution >= 0.6 is 0 Å². The van der Waals surface area contributed by atoms with E-state index in [0.717, 1.165) is 12.5 Å². The van der Waals surface area contributed by atoms with E-state index in [1.54, 1.807) is 12.1 Å². The minimum Gasteiger partial charge on any atom is -0.388 e. The summed E-state index contributed by atoms with van der Waals surface area (Å²) in [7, 11) is -6.35. The Balaban J connectivity index is 2.75. The molecule has 0 aliphatic rings. The van der Waals surface area contributed by atoms with Gasteiger partial charge >= 0.3 is 0 Å². The van der Waals surface area contributed by atoms with E-state index in [2.05, 4.69) is 0 Å². The number of benzene rings is 1. The molecule has 108 valence electrons. The lowest BCUT2D eigenvalue weighted by Gasteiger charge is -2.11. The number of aliphatic hydroxyl groups excluding tert-OH is 1. The Morgan fingerprint density at radius 3 is 2.32 bits per heavy atom. The lowest BCUT2D eigenvalue weighted by atomic mass is 10.1.